The Kier molecular flexibility index (Phi) is 5.88. The number of esters is 1. The minimum atomic E-state index is -0.728. The predicted octanol–water partition coefficient (Wildman–Crippen LogP) is 3.87. The third-order valence-electron chi connectivity index (χ3n) is 7.15. The molecule has 180 valence electrons. The van der Waals surface area contributed by atoms with E-state index in [1.165, 1.54) is 18.1 Å². The van der Waals surface area contributed by atoms with Gasteiger partial charge in [-0.05, 0) is 73.9 Å². The van der Waals surface area contributed by atoms with Crippen LogP contribution in [0, 0.1) is 18.8 Å². The lowest BCUT2D eigenvalue weighted by atomic mass is 9.93. The number of hydrogen-bond acceptors (Lipinski definition) is 6. The van der Waals surface area contributed by atoms with Crippen molar-refractivity contribution < 1.29 is 28.7 Å². The zero-order valence-electron chi connectivity index (χ0n) is 19.6. The molecule has 4 amide bonds. The van der Waals surface area contributed by atoms with Crippen LogP contribution in [0.5, 0.6) is 11.5 Å². The highest BCUT2D eigenvalue weighted by molar-refractivity contribution is 6.31. The molecule has 2 bridgehead atoms. The summed E-state index contributed by atoms with van der Waals surface area (Å²) in [7, 11) is 1.43. The number of rotatable bonds is 5. The van der Waals surface area contributed by atoms with E-state index in [0.717, 1.165) is 31.2 Å². The molecule has 0 radical (unpaired) electrons. The van der Waals surface area contributed by atoms with E-state index in [1.807, 2.05) is 19.1 Å². The number of ether oxygens (including phenoxy) is 2. The number of carbonyl (C=O) groups excluding carboxylic acids is 4. The summed E-state index contributed by atoms with van der Waals surface area (Å²) >= 11 is 0. The van der Waals surface area contributed by atoms with Crippen molar-refractivity contribution in [2.24, 2.45) is 11.8 Å². The predicted molar refractivity (Wildman–Crippen MR) is 127 cm³/mol. The van der Waals surface area contributed by atoms with Crippen LogP contribution in [0.4, 0.5) is 4.79 Å². The third kappa shape index (κ3) is 4.32. The van der Waals surface area contributed by atoms with Crippen LogP contribution >= 0.6 is 0 Å². The van der Waals surface area contributed by atoms with Crippen LogP contribution in [0.15, 0.2) is 48.0 Å². The van der Waals surface area contributed by atoms with Crippen LogP contribution in [0.25, 0.3) is 6.08 Å². The molecule has 2 saturated carbocycles. The molecule has 3 aliphatic rings. The lowest BCUT2D eigenvalue weighted by molar-refractivity contribution is -0.132. The number of imide groups is 2. The molecule has 8 nitrogen and oxygen atoms in total. The van der Waals surface area contributed by atoms with Gasteiger partial charge in [0.1, 0.15) is 5.57 Å². The number of urea groups is 1. The SMILES string of the molecule is COc1cc(/C=C2\C(=O)NC(=O)N([C@H]3C[C@H]4CC[C@H]3C4)C2=O)ccc1OC(=O)c1ccc(C)cc1. The second kappa shape index (κ2) is 9.02. The fourth-order valence-corrected chi connectivity index (χ4v) is 5.37. The van der Waals surface area contributed by atoms with Gasteiger partial charge in [0.05, 0.1) is 12.7 Å². The molecule has 8 heteroatoms. The molecule has 1 aliphatic heterocycles. The molecular weight excluding hydrogens is 448 g/mol. The lowest BCUT2D eigenvalue weighted by Gasteiger charge is -2.35. The molecule has 1 saturated heterocycles. The van der Waals surface area contributed by atoms with Crippen LogP contribution in [-0.2, 0) is 9.59 Å². The maximum absolute atomic E-state index is 13.2. The quantitative estimate of drug-likeness (QED) is 0.306. The van der Waals surface area contributed by atoms with Gasteiger partial charge >= 0.3 is 12.0 Å². The van der Waals surface area contributed by atoms with Crippen LogP contribution in [0.2, 0.25) is 0 Å². The van der Waals surface area contributed by atoms with Crippen LogP contribution < -0.4 is 14.8 Å². The van der Waals surface area contributed by atoms with Gasteiger partial charge < -0.3 is 9.47 Å². The Bertz CT molecular complexity index is 1250. The Morgan fingerprint density at radius 1 is 1.03 bits per heavy atom. The molecule has 0 aromatic heterocycles. The second-order valence-electron chi connectivity index (χ2n) is 9.40. The summed E-state index contributed by atoms with van der Waals surface area (Å²) in [4.78, 5) is 52.0. The molecular formula is C27H26N2O6. The minimum absolute atomic E-state index is 0.112. The Labute approximate surface area is 202 Å². The first-order valence-corrected chi connectivity index (χ1v) is 11.7. The first-order chi connectivity index (χ1) is 16.8. The van der Waals surface area contributed by atoms with E-state index in [9.17, 15) is 19.2 Å². The van der Waals surface area contributed by atoms with Gasteiger partial charge in [-0.1, -0.05) is 30.2 Å². The molecule has 1 heterocycles. The first-order valence-electron chi connectivity index (χ1n) is 11.7. The van der Waals surface area contributed by atoms with Gasteiger partial charge in [-0.25, -0.2) is 9.59 Å². The number of methoxy groups -OCH3 is 1. The van der Waals surface area contributed by atoms with E-state index in [1.54, 1.807) is 30.3 Å². The van der Waals surface area contributed by atoms with E-state index in [4.69, 9.17) is 9.47 Å². The molecule has 3 atom stereocenters. The number of barbiturate groups is 1. The van der Waals surface area contributed by atoms with Gasteiger partial charge in [0.15, 0.2) is 11.5 Å². The number of benzene rings is 2. The number of aryl methyl sites for hydroxylation is 1. The van der Waals surface area contributed by atoms with Crippen molar-refractivity contribution in [3.63, 3.8) is 0 Å². The second-order valence-corrected chi connectivity index (χ2v) is 9.40. The smallest absolute Gasteiger partial charge is 0.343 e. The number of fused-ring (bicyclic) bond motifs is 2. The summed E-state index contributed by atoms with van der Waals surface area (Å²) < 4.78 is 10.9. The Morgan fingerprint density at radius 3 is 2.46 bits per heavy atom. The van der Waals surface area contributed by atoms with E-state index in [-0.39, 0.29) is 23.1 Å². The number of nitrogens with zero attached hydrogens (tertiary/aromatic N) is 1. The average molecular weight is 475 g/mol. The molecule has 35 heavy (non-hydrogen) atoms. The molecule has 0 unspecified atom stereocenters. The molecule has 1 N–H and O–H groups in total. The van der Waals surface area contributed by atoms with Gasteiger partial charge in [0, 0.05) is 6.04 Å². The average Bonchev–Trinajstić information content (AvgIpc) is 3.46. The first kappa shape index (κ1) is 22.8. The summed E-state index contributed by atoms with van der Waals surface area (Å²) in [5, 5.41) is 2.31. The van der Waals surface area contributed by atoms with Crippen molar-refractivity contribution in [2.75, 3.05) is 7.11 Å². The van der Waals surface area contributed by atoms with Crippen molar-refractivity contribution in [3.05, 3.63) is 64.7 Å². The molecule has 2 aliphatic carbocycles. The van der Waals surface area contributed by atoms with Gasteiger partial charge in [-0.15, -0.1) is 0 Å². The van der Waals surface area contributed by atoms with E-state index >= 15 is 0 Å². The Hall–Kier alpha value is -3.94. The zero-order valence-corrected chi connectivity index (χ0v) is 19.6. The third-order valence-corrected chi connectivity index (χ3v) is 7.15. The lowest BCUT2D eigenvalue weighted by Crippen LogP contribution is -2.58. The fraction of sp³-hybridized carbons (Fsp3) is 0.333. The highest BCUT2D eigenvalue weighted by atomic mass is 16.6. The van der Waals surface area contributed by atoms with Crippen molar-refractivity contribution in [1.82, 2.24) is 10.2 Å². The largest absolute Gasteiger partial charge is 0.493 e. The highest BCUT2D eigenvalue weighted by Gasteiger charge is 2.49. The summed E-state index contributed by atoms with van der Waals surface area (Å²) in [6, 6.07) is 10.9. The van der Waals surface area contributed by atoms with Crippen molar-refractivity contribution >= 4 is 29.9 Å². The van der Waals surface area contributed by atoms with Gasteiger partial charge in [0.2, 0.25) is 0 Å². The van der Waals surface area contributed by atoms with E-state index < -0.39 is 23.8 Å². The maximum Gasteiger partial charge on any atom is 0.343 e. The number of nitrogens with one attached hydrogen (secondary N) is 1. The molecule has 5 rings (SSSR count). The van der Waals surface area contributed by atoms with Gasteiger partial charge in [0.25, 0.3) is 11.8 Å². The summed E-state index contributed by atoms with van der Waals surface area (Å²) in [5.74, 6) is -0.528. The summed E-state index contributed by atoms with van der Waals surface area (Å²) in [5.41, 5.74) is 1.81. The van der Waals surface area contributed by atoms with E-state index in [0.29, 0.717) is 23.0 Å². The summed E-state index contributed by atoms with van der Waals surface area (Å²) in [6.07, 6.45) is 5.37. The van der Waals surface area contributed by atoms with Crippen molar-refractivity contribution in [1.29, 1.82) is 0 Å². The molecule has 3 fully saturated rings. The van der Waals surface area contributed by atoms with Gasteiger partial charge in [-0.3, -0.25) is 19.8 Å². The Morgan fingerprint density at radius 2 is 1.80 bits per heavy atom. The number of amides is 4. The van der Waals surface area contributed by atoms with Crippen LogP contribution in [-0.4, -0.2) is 41.9 Å². The van der Waals surface area contributed by atoms with Gasteiger partial charge in [-0.2, -0.15) is 0 Å². The normalized spacial score (nSPS) is 24.6. The fourth-order valence-electron chi connectivity index (χ4n) is 5.37. The van der Waals surface area contributed by atoms with Crippen molar-refractivity contribution in [3.8, 4) is 11.5 Å². The number of hydrogen-bond donors (Lipinski definition) is 1. The maximum atomic E-state index is 13.2. The Balaban J connectivity index is 1.38. The van der Waals surface area contributed by atoms with Crippen LogP contribution in [0.3, 0.4) is 0 Å². The highest BCUT2D eigenvalue weighted by Crippen LogP contribution is 2.47. The minimum Gasteiger partial charge on any atom is -0.493 e. The van der Waals surface area contributed by atoms with Crippen LogP contribution in [0.1, 0.15) is 47.2 Å². The monoisotopic (exact) mass is 474 g/mol. The standard InChI is InChI=1S/C27H26N2O6/c1-15-3-7-18(8-4-15)26(32)35-22-10-6-17(14-23(22)34-2)12-20-24(30)28-27(33)29(25(20)31)21-13-16-5-9-19(21)11-16/h3-4,6-8,10,12,14,16,19,21H,5,9,11,13H2,1-2H3,(H,28,30,33)/b20-12+/t16-,19-,21-/m0/s1. The zero-order chi connectivity index (χ0) is 24.7. The van der Waals surface area contributed by atoms with Crippen molar-refractivity contribution in [2.45, 2.75) is 38.6 Å². The molecule has 2 aromatic carbocycles. The van der Waals surface area contributed by atoms with E-state index in [2.05, 4.69) is 5.32 Å². The topological polar surface area (TPSA) is 102 Å². The number of carbonyl (C=O) groups is 4. The molecule has 2 aromatic rings. The summed E-state index contributed by atoms with van der Waals surface area (Å²) in [6.45, 7) is 1.93. The molecule has 0 spiro atoms.